The van der Waals surface area contributed by atoms with E-state index in [-0.39, 0.29) is 0 Å². The summed E-state index contributed by atoms with van der Waals surface area (Å²) in [4.78, 5) is 0. The van der Waals surface area contributed by atoms with Gasteiger partial charge in [0.25, 0.3) is 0 Å². The third-order valence-corrected chi connectivity index (χ3v) is 2.59. The summed E-state index contributed by atoms with van der Waals surface area (Å²) in [6.45, 7) is 12.6. The average Bonchev–Trinajstić information content (AvgIpc) is 2.07. The molecule has 0 nitrogen and oxygen atoms in total. The molecule has 0 aliphatic rings. The standard InChI is InChI=1S/C10H14/c1-6-7(2)9(4)10(5)8(6)3/h1H2,2-5H3/q-2. The van der Waals surface area contributed by atoms with Gasteiger partial charge in [-0.25, -0.2) is 0 Å². The Bertz CT molecular complexity index is 171. The van der Waals surface area contributed by atoms with Gasteiger partial charge in [-0.2, -0.15) is 11.1 Å². The van der Waals surface area contributed by atoms with Crippen molar-refractivity contribution in [1.82, 2.24) is 0 Å². The topological polar surface area (TPSA) is 0 Å². The summed E-state index contributed by atoms with van der Waals surface area (Å²) < 4.78 is 0. The SMILES string of the molecule is [CH2-]c1c(C)c(C)c(C)[c-]1C. The number of hydrogen-bond acceptors (Lipinski definition) is 0. The molecule has 0 N–H and O–H groups in total. The molecule has 56 valence electrons. The summed E-state index contributed by atoms with van der Waals surface area (Å²) in [5.41, 5.74) is 6.74. The highest BCUT2D eigenvalue weighted by atomic mass is 14.1. The average molecular weight is 134 g/mol. The fourth-order valence-electron chi connectivity index (χ4n) is 1.30. The summed E-state index contributed by atoms with van der Waals surface area (Å²) in [7, 11) is 0. The molecule has 0 saturated carbocycles. The normalized spacial score (nSPS) is 10.4. The van der Waals surface area contributed by atoms with Crippen LogP contribution in [0.5, 0.6) is 0 Å². The molecule has 0 amide bonds. The van der Waals surface area contributed by atoms with Crippen LogP contribution in [0, 0.1) is 34.6 Å². The second-order valence-electron chi connectivity index (χ2n) is 2.98. The summed E-state index contributed by atoms with van der Waals surface area (Å²) >= 11 is 0. The minimum absolute atomic E-state index is 1.22. The molecule has 10 heavy (non-hydrogen) atoms. The van der Waals surface area contributed by atoms with Gasteiger partial charge in [0.15, 0.2) is 0 Å². The second kappa shape index (κ2) is 2.12. The zero-order valence-corrected chi connectivity index (χ0v) is 7.21. The molecule has 0 spiro atoms. The lowest BCUT2D eigenvalue weighted by Crippen LogP contribution is -1.73. The molecular weight excluding hydrogens is 120 g/mol. The largest absolute Gasteiger partial charge is 0.353 e. The lowest BCUT2D eigenvalue weighted by Gasteiger charge is -2.13. The molecule has 1 aromatic rings. The van der Waals surface area contributed by atoms with Crippen molar-refractivity contribution in [3.63, 3.8) is 0 Å². The van der Waals surface area contributed by atoms with E-state index in [1.807, 2.05) is 0 Å². The lowest BCUT2D eigenvalue weighted by atomic mass is 10.2. The summed E-state index contributed by atoms with van der Waals surface area (Å²) in [5.74, 6) is 0. The van der Waals surface area contributed by atoms with Crippen LogP contribution in [0.3, 0.4) is 0 Å². The highest BCUT2D eigenvalue weighted by Gasteiger charge is 1.89. The molecule has 0 heteroatoms. The van der Waals surface area contributed by atoms with E-state index in [4.69, 9.17) is 0 Å². The Morgan fingerprint density at radius 1 is 1.10 bits per heavy atom. The smallest absolute Gasteiger partial charge is 0.0631 e. The Labute approximate surface area is 63.2 Å². The molecule has 0 fully saturated rings. The zero-order chi connectivity index (χ0) is 7.89. The minimum Gasteiger partial charge on any atom is -0.353 e. The van der Waals surface area contributed by atoms with Gasteiger partial charge in [-0.15, -0.1) is 13.8 Å². The molecule has 0 atom stereocenters. The first-order valence-electron chi connectivity index (χ1n) is 3.60. The van der Waals surface area contributed by atoms with Crippen molar-refractivity contribution in [2.24, 2.45) is 0 Å². The first-order chi connectivity index (χ1) is 4.55. The van der Waals surface area contributed by atoms with Gasteiger partial charge in [-0.05, 0) is 0 Å². The van der Waals surface area contributed by atoms with Crippen LogP contribution >= 0.6 is 0 Å². The van der Waals surface area contributed by atoms with Gasteiger partial charge in [0, 0.05) is 0 Å². The van der Waals surface area contributed by atoms with Gasteiger partial charge in [0.05, 0.1) is 0 Å². The third kappa shape index (κ3) is 0.756. The molecular formula is C10H14-2. The maximum Gasteiger partial charge on any atom is -0.0631 e. The monoisotopic (exact) mass is 134 g/mol. The van der Waals surface area contributed by atoms with Crippen molar-refractivity contribution >= 4 is 0 Å². The fourth-order valence-corrected chi connectivity index (χ4v) is 1.30. The Morgan fingerprint density at radius 3 is 1.70 bits per heavy atom. The van der Waals surface area contributed by atoms with Crippen LogP contribution in [-0.2, 0) is 0 Å². The first kappa shape index (κ1) is 7.33. The van der Waals surface area contributed by atoms with E-state index < -0.39 is 0 Å². The quantitative estimate of drug-likeness (QED) is 0.479. The third-order valence-electron chi connectivity index (χ3n) is 2.59. The van der Waals surface area contributed by atoms with Crippen LogP contribution in [0.4, 0.5) is 0 Å². The number of hydrogen-bond donors (Lipinski definition) is 0. The molecule has 0 aromatic heterocycles. The van der Waals surface area contributed by atoms with Crippen LogP contribution in [0.1, 0.15) is 27.8 Å². The molecule has 0 saturated heterocycles. The van der Waals surface area contributed by atoms with E-state index in [9.17, 15) is 0 Å². The molecule has 0 aliphatic carbocycles. The summed E-state index contributed by atoms with van der Waals surface area (Å²) in [6.07, 6.45) is 0. The molecule has 0 aliphatic heterocycles. The Morgan fingerprint density at radius 2 is 1.60 bits per heavy atom. The Kier molecular flexibility index (Phi) is 1.55. The predicted molar refractivity (Wildman–Crippen MR) is 45.4 cm³/mol. The number of rotatable bonds is 0. The van der Waals surface area contributed by atoms with Gasteiger partial charge >= 0.3 is 0 Å². The second-order valence-corrected chi connectivity index (χ2v) is 2.98. The van der Waals surface area contributed by atoms with E-state index in [0.717, 1.165) is 0 Å². The molecule has 0 radical (unpaired) electrons. The van der Waals surface area contributed by atoms with Gasteiger partial charge in [-0.3, -0.25) is 11.1 Å². The summed E-state index contributed by atoms with van der Waals surface area (Å²) in [5, 5.41) is 0. The van der Waals surface area contributed by atoms with Crippen LogP contribution in [-0.4, -0.2) is 0 Å². The maximum atomic E-state index is 4.00. The van der Waals surface area contributed by atoms with Crippen LogP contribution in [0.25, 0.3) is 0 Å². The van der Waals surface area contributed by atoms with E-state index in [2.05, 4.69) is 34.6 Å². The molecule has 0 unspecified atom stereocenters. The van der Waals surface area contributed by atoms with Gasteiger partial charge in [0.1, 0.15) is 0 Å². The highest BCUT2D eigenvalue weighted by Crippen LogP contribution is 2.24. The van der Waals surface area contributed by atoms with E-state index >= 15 is 0 Å². The Hall–Kier alpha value is -0.780. The van der Waals surface area contributed by atoms with Crippen LogP contribution < -0.4 is 0 Å². The van der Waals surface area contributed by atoms with Crippen molar-refractivity contribution < 1.29 is 0 Å². The molecule has 1 rings (SSSR count). The van der Waals surface area contributed by atoms with Gasteiger partial charge < -0.3 is 12.5 Å². The van der Waals surface area contributed by atoms with Crippen molar-refractivity contribution in [3.8, 4) is 0 Å². The van der Waals surface area contributed by atoms with E-state index in [1.54, 1.807) is 0 Å². The van der Waals surface area contributed by atoms with Crippen molar-refractivity contribution in [2.75, 3.05) is 0 Å². The van der Waals surface area contributed by atoms with Crippen molar-refractivity contribution in [2.45, 2.75) is 27.7 Å². The molecule has 0 bridgehead atoms. The highest BCUT2D eigenvalue weighted by molar-refractivity contribution is 5.50. The van der Waals surface area contributed by atoms with Crippen molar-refractivity contribution in [1.29, 1.82) is 0 Å². The Balaban J connectivity index is 3.44. The zero-order valence-electron chi connectivity index (χ0n) is 7.21. The van der Waals surface area contributed by atoms with Gasteiger partial charge in [-0.1, -0.05) is 13.8 Å². The first-order valence-corrected chi connectivity index (χ1v) is 3.60. The van der Waals surface area contributed by atoms with Crippen molar-refractivity contribution in [3.05, 3.63) is 34.7 Å². The fraction of sp³-hybridized carbons (Fsp3) is 0.400. The minimum atomic E-state index is 1.22. The van der Waals surface area contributed by atoms with Crippen LogP contribution in [0.2, 0.25) is 0 Å². The lowest BCUT2D eigenvalue weighted by molar-refractivity contribution is 1.32. The molecule has 0 heterocycles. The predicted octanol–water partition coefficient (Wildman–Crippen LogP) is 2.82. The van der Waals surface area contributed by atoms with Gasteiger partial charge in [0.2, 0.25) is 0 Å². The maximum absolute atomic E-state index is 4.00. The molecule has 1 aromatic carbocycles. The summed E-state index contributed by atoms with van der Waals surface area (Å²) in [6, 6.07) is 0. The van der Waals surface area contributed by atoms with E-state index in [0.29, 0.717) is 0 Å². The van der Waals surface area contributed by atoms with Crippen LogP contribution in [0.15, 0.2) is 0 Å². The van der Waals surface area contributed by atoms with E-state index in [1.165, 1.54) is 27.8 Å².